The lowest BCUT2D eigenvalue weighted by Crippen LogP contribution is -2.31. The first-order valence-corrected chi connectivity index (χ1v) is 6.62. The van der Waals surface area contributed by atoms with Gasteiger partial charge < -0.3 is 15.8 Å². The van der Waals surface area contributed by atoms with Crippen LogP contribution in [-0.4, -0.2) is 19.1 Å². The van der Waals surface area contributed by atoms with Crippen molar-refractivity contribution >= 4 is 27.5 Å². The van der Waals surface area contributed by atoms with E-state index in [1.54, 1.807) is 19.2 Å². The highest BCUT2D eigenvalue weighted by atomic mass is 79.9. The number of methoxy groups -OCH3 is 1. The van der Waals surface area contributed by atoms with E-state index in [-0.39, 0.29) is 17.9 Å². The molecule has 5 heteroatoms. The van der Waals surface area contributed by atoms with Crippen molar-refractivity contribution in [1.29, 1.82) is 0 Å². The average Bonchev–Trinajstić information content (AvgIpc) is 2.28. The minimum absolute atomic E-state index is 0.104. The molecular formula is C13H19BrN2O2. The van der Waals surface area contributed by atoms with Crippen LogP contribution in [0.4, 0.5) is 5.69 Å². The summed E-state index contributed by atoms with van der Waals surface area (Å²) in [7, 11) is 1.57. The second-order valence-electron chi connectivity index (χ2n) is 4.50. The fourth-order valence-electron chi connectivity index (χ4n) is 1.43. The molecule has 100 valence electrons. The fourth-order valence-corrected chi connectivity index (χ4v) is 1.79. The van der Waals surface area contributed by atoms with Gasteiger partial charge in [0, 0.05) is 16.9 Å². The van der Waals surface area contributed by atoms with Gasteiger partial charge in [0.1, 0.15) is 5.75 Å². The summed E-state index contributed by atoms with van der Waals surface area (Å²) in [4.78, 5) is 11.8. The molecule has 0 heterocycles. The average molecular weight is 315 g/mol. The molecule has 0 saturated carbocycles. The van der Waals surface area contributed by atoms with Gasteiger partial charge in [-0.25, -0.2) is 0 Å². The summed E-state index contributed by atoms with van der Waals surface area (Å²) in [6.07, 6.45) is 0.299. The first-order valence-electron chi connectivity index (χ1n) is 5.83. The Morgan fingerprint density at radius 1 is 1.50 bits per heavy atom. The van der Waals surface area contributed by atoms with E-state index in [1.807, 2.05) is 19.9 Å². The summed E-state index contributed by atoms with van der Waals surface area (Å²) in [5.41, 5.74) is 6.52. The molecule has 18 heavy (non-hydrogen) atoms. The van der Waals surface area contributed by atoms with Gasteiger partial charge in [-0.1, -0.05) is 29.8 Å². The quantitative estimate of drug-likeness (QED) is 0.878. The second kappa shape index (κ2) is 6.75. The molecular weight excluding hydrogens is 296 g/mol. The van der Waals surface area contributed by atoms with Crippen molar-refractivity contribution in [2.24, 2.45) is 11.7 Å². The number of hydrogen-bond acceptors (Lipinski definition) is 3. The van der Waals surface area contributed by atoms with Crippen LogP contribution < -0.4 is 15.8 Å². The summed E-state index contributed by atoms with van der Waals surface area (Å²) in [5.74, 6) is 0.803. The van der Waals surface area contributed by atoms with Crippen molar-refractivity contribution in [3.05, 3.63) is 22.7 Å². The standard InChI is InChI=1S/C13H19BrN2O2/c1-8(2)10(15)7-13(17)16-11-6-9(14)4-5-12(11)18-3/h4-6,8,10H,7,15H2,1-3H3,(H,16,17). The smallest absolute Gasteiger partial charge is 0.226 e. The number of nitrogens with one attached hydrogen (secondary N) is 1. The third-order valence-electron chi connectivity index (χ3n) is 2.71. The van der Waals surface area contributed by atoms with Crippen molar-refractivity contribution in [2.45, 2.75) is 26.3 Å². The molecule has 1 atom stereocenters. The zero-order valence-corrected chi connectivity index (χ0v) is 12.5. The van der Waals surface area contributed by atoms with Crippen molar-refractivity contribution in [3.63, 3.8) is 0 Å². The third-order valence-corrected chi connectivity index (χ3v) is 3.21. The zero-order valence-electron chi connectivity index (χ0n) is 10.9. The summed E-state index contributed by atoms with van der Waals surface area (Å²) >= 11 is 3.36. The maximum Gasteiger partial charge on any atom is 0.226 e. The maximum atomic E-state index is 11.8. The SMILES string of the molecule is COc1ccc(Br)cc1NC(=O)CC(N)C(C)C. The molecule has 0 fully saturated rings. The first kappa shape index (κ1) is 15.0. The van der Waals surface area contributed by atoms with Gasteiger partial charge in [-0.2, -0.15) is 0 Å². The topological polar surface area (TPSA) is 64.3 Å². The Balaban J connectivity index is 2.72. The summed E-state index contributed by atoms with van der Waals surface area (Å²) in [5, 5.41) is 2.81. The van der Waals surface area contributed by atoms with Crippen LogP contribution >= 0.6 is 15.9 Å². The van der Waals surface area contributed by atoms with Crippen molar-refractivity contribution < 1.29 is 9.53 Å². The van der Waals surface area contributed by atoms with E-state index in [2.05, 4.69) is 21.2 Å². The second-order valence-corrected chi connectivity index (χ2v) is 5.42. The Hall–Kier alpha value is -1.07. The Morgan fingerprint density at radius 2 is 2.17 bits per heavy atom. The number of rotatable bonds is 5. The molecule has 1 aromatic carbocycles. The molecule has 3 N–H and O–H groups in total. The minimum atomic E-state index is -0.136. The van der Waals surface area contributed by atoms with Crippen LogP contribution in [-0.2, 0) is 4.79 Å². The van der Waals surface area contributed by atoms with Gasteiger partial charge in [0.2, 0.25) is 5.91 Å². The lowest BCUT2D eigenvalue weighted by atomic mass is 10.0. The number of nitrogens with two attached hydrogens (primary N) is 1. The molecule has 0 saturated heterocycles. The molecule has 0 aliphatic carbocycles. The van der Waals surface area contributed by atoms with E-state index < -0.39 is 0 Å². The Morgan fingerprint density at radius 3 is 2.72 bits per heavy atom. The van der Waals surface area contributed by atoms with Crippen LogP contribution in [0.25, 0.3) is 0 Å². The Kier molecular flexibility index (Phi) is 5.62. The van der Waals surface area contributed by atoms with E-state index in [4.69, 9.17) is 10.5 Å². The van der Waals surface area contributed by atoms with Crippen LogP contribution in [0.2, 0.25) is 0 Å². The summed E-state index contributed by atoms with van der Waals surface area (Å²) in [6, 6.07) is 5.32. The van der Waals surface area contributed by atoms with Gasteiger partial charge in [0.25, 0.3) is 0 Å². The van der Waals surface area contributed by atoms with Crippen LogP contribution in [0, 0.1) is 5.92 Å². The fraction of sp³-hybridized carbons (Fsp3) is 0.462. The highest BCUT2D eigenvalue weighted by Gasteiger charge is 2.14. The largest absolute Gasteiger partial charge is 0.495 e. The maximum absolute atomic E-state index is 11.8. The normalized spacial score (nSPS) is 12.3. The van der Waals surface area contributed by atoms with Gasteiger partial charge in [-0.3, -0.25) is 4.79 Å². The lowest BCUT2D eigenvalue weighted by Gasteiger charge is -2.16. The molecule has 1 aromatic rings. The van der Waals surface area contributed by atoms with Gasteiger partial charge in [-0.15, -0.1) is 0 Å². The van der Waals surface area contributed by atoms with Crippen LogP contribution in [0.3, 0.4) is 0 Å². The van der Waals surface area contributed by atoms with Crippen LogP contribution in [0.15, 0.2) is 22.7 Å². The highest BCUT2D eigenvalue weighted by molar-refractivity contribution is 9.10. The molecule has 0 aliphatic rings. The summed E-state index contributed by atoms with van der Waals surface area (Å²) in [6.45, 7) is 4.00. The van der Waals surface area contributed by atoms with Gasteiger partial charge in [0.15, 0.2) is 0 Å². The molecule has 0 spiro atoms. The minimum Gasteiger partial charge on any atom is -0.495 e. The molecule has 0 aromatic heterocycles. The van der Waals surface area contributed by atoms with E-state index in [9.17, 15) is 4.79 Å². The predicted octanol–water partition coefficient (Wildman–Crippen LogP) is 2.77. The number of anilines is 1. The third kappa shape index (κ3) is 4.31. The zero-order chi connectivity index (χ0) is 13.7. The predicted molar refractivity (Wildman–Crippen MR) is 76.8 cm³/mol. The molecule has 0 bridgehead atoms. The molecule has 0 aliphatic heterocycles. The highest BCUT2D eigenvalue weighted by Crippen LogP contribution is 2.28. The first-order chi connectivity index (χ1) is 8.43. The van der Waals surface area contributed by atoms with Crippen molar-refractivity contribution in [2.75, 3.05) is 12.4 Å². The molecule has 4 nitrogen and oxygen atoms in total. The van der Waals surface area contributed by atoms with Gasteiger partial charge in [-0.05, 0) is 24.1 Å². The number of ether oxygens (including phenoxy) is 1. The van der Waals surface area contributed by atoms with E-state index in [1.165, 1.54) is 0 Å². The van der Waals surface area contributed by atoms with Crippen molar-refractivity contribution in [3.8, 4) is 5.75 Å². The van der Waals surface area contributed by atoms with E-state index in [0.29, 0.717) is 17.9 Å². The number of carbonyl (C=O) groups excluding carboxylic acids is 1. The molecule has 1 rings (SSSR count). The molecule has 0 radical (unpaired) electrons. The number of benzene rings is 1. The number of carbonyl (C=O) groups is 1. The Bertz CT molecular complexity index is 421. The summed E-state index contributed by atoms with van der Waals surface area (Å²) < 4.78 is 6.07. The van der Waals surface area contributed by atoms with E-state index >= 15 is 0 Å². The van der Waals surface area contributed by atoms with Gasteiger partial charge in [0.05, 0.1) is 12.8 Å². The molecule has 1 amide bonds. The molecule has 1 unspecified atom stereocenters. The van der Waals surface area contributed by atoms with Crippen LogP contribution in [0.5, 0.6) is 5.75 Å². The van der Waals surface area contributed by atoms with E-state index in [0.717, 1.165) is 4.47 Å². The number of amides is 1. The number of halogens is 1. The van der Waals surface area contributed by atoms with Gasteiger partial charge >= 0.3 is 0 Å². The van der Waals surface area contributed by atoms with Crippen LogP contribution in [0.1, 0.15) is 20.3 Å². The lowest BCUT2D eigenvalue weighted by molar-refractivity contribution is -0.116. The number of hydrogen-bond donors (Lipinski definition) is 2. The monoisotopic (exact) mass is 314 g/mol. The van der Waals surface area contributed by atoms with Crippen molar-refractivity contribution in [1.82, 2.24) is 0 Å². The Labute approximate surface area is 116 Å².